The van der Waals surface area contributed by atoms with Gasteiger partial charge in [-0.1, -0.05) is 0 Å². The number of nitrogens with zero attached hydrogens (tertiary/aromatic N) is 1. The summed E-state index contributed by atoms with van der Waals surface area (Å²) in [4.78, 5) is 4.63. The molecule has 0 bridgehead atoms. The number of hydrogen-bond donors (Lipinski definition) is 1. The zero-order valence-electron chi connectivity index (χ0n) is 6.05. The number of hydroxylamine groups is 2. The summed E-state index contributed by atoms with van der Waals surface area (Å²) in [5, 5.41) is 7.75. The summed E-state index contributed by atoms with van der Waals surface area (Å²) in [6.45, 7) is -0.565. The second-order valence-electron chi connectivity index (χ2n) is 2.53. The van der Waals surface area contributed by atoms with Crippen LogP contribution in [0.15, 0.2) is 23.5 Å². The van der Waals surface area contributed by atoms with Gasteiger partial charge in [0.25, 0.3) is 0 Å². The molecule has 0 amide bonds. The molecule has 1 fully saturated rings. The predicted octanol–water partition coefficient (Wildman–Crippen LogP) is 1.30. The van der Waals surface area contributed by atoms with Gasteiger partial charge < -0.3 is 5.41 Å². The standard InChI is InChI=1S/C7H6F2N2O/c8-7(9)4-12-11-5(6(7)11)2-1-3-10/h1-3,10H,4H2/b2-1-,10-3?. The van der Waals surface area contributed by atoms with E-state index in [1.165, 1.54) is 12.2 Å². The summed E-state index contributed by atoms with van der Waals surface area (Å²) >= 11 is 0. The molecule has 2 aliphatic heterocycles. The third-order valence-corrected chi connectivity index (χ3v) is 1.69. The molecule has 3 nitrogen and oxygen atoms in total. The highest BCUT2D eigenvalue weighted by Gasteiger charge is 2.57. The molecule has 64 valence electrons. The van der Waals surface area contributed by atoms with Crippen LogP contribution in [0.4, 0.5) is 8.78 Å². The lowest BCUT2D eigenvalue weighted by Gasteiger charge is -2.00. The lowest BCUT2D eigenvalue weighted by Crippen LogP contribution is -2.15. The number of halogens is 2. The normalized spacial score (nSPS) is 25.0. The van der Waals surface area contributed by atoms with Crippen molar-refractivity contribution in [1.82, 2.24) is 5.06 Å². The van der Waals surface area contributed by atoms with Crippen LogP contribution in [0.1, 0.15) is 0 Å². The van der Waals surface area contributed by atoms with Crippen LogP contribution in [-0.2, 0) is 4.84 Å². The molecule has 0 radical (unpaired) electrons. The van der Waals surface area contributed by atoms with Gasteiger partial charge in [0.2, 0.25) is 0 Å². The Morgan fingerprint density at radius 1 is 1.58 bits per heavy atom. The Morgan fingerprint density at radius 3 is 2.83 bits per heavy atom. The smallest absolute Gasteiger partial charge is 0.309 e. The van der Waals surface area contributed by atoms with Crippen molar-refractivity contribution in [3.05, 3.63) is 23.5 Å². The van der Waals surface area contributed by atoms with Gasteiger partial charge in [0.05, 0.1) is 5.70 Å². The van der Waals surface area contributed by atoms with Gasteiger partial charge in [0.1, 0.15) is 12.3 Å². The molecule has 0 aromatic heterocycles. The summed E-state index contributed by atoms with van der Waals surface area (Å²) in [7, 11) is 0. The van der Waals surface area contributed by atoms with E-state index in [1.54, 1.807) is 0 Å². The first-order chi connectivity index (χ1) is 5.67. The van der Waals surface area contributed by atoms with Gasteiger partial charge in [-0.2, -0.15) is 8.78 Å². The number of rotatable bonds is 2. The number of hydrogen-bond acceptors (Lipinski definition) is 3. The van der Waals surface area contributed by atoms with Crippen molar-refractivity contribution < 1.29 is 13.6 Å². The molecule has 0 saturated carbocycles. The molecular weight excluding hydrogens is 166 g/mol. The van der Waals surface area contributed by atoms with Crippen LogP contribution in [0.3, 0.4) is 0 Å². The Labute approximate surface area is 67.4 Å². The molecule has 0 unspecified atom stereocenters. The highest BCUT2D eigenvalue weighted by Crippen LogP contribution is 2.49. The van der Waals surface area contributed by atoms with E-state index in [2.05, 4.69) is 4.84 Å². The van der Waals surface area contributed by atoms with Gasteiger partial charge in [-0.05, 0) is 12.2 Å². The van der Waals surface area contributed by atoms with E-state index in [0.29, 0.717) is 5.70 Å². The van der Waals surface area contributed by atoms with Crippen LogP contribution in [0, 0.1) is 5.41 Å². The van der Waals surface area contributed by atoms with E-state index >= 15 is 0 Å². The summed E-state index contributed by atoms with van der Waals surface area (Å²) in [5.74, 6) is -2.85. The first kappa shape index (κ1) is 7.42. The molecule has 2 heterocycles. The highest BCUT2D eigenvalue weighted by atomic mass is 19.3. The maximum Gasteiger partial charge on any atom is 0.317 e. The fraction of sp³-hybridized carbons (Fsp3) is 0.286. The SMILES string of the molecule is N=C/C=C\C1=C2N1OCC2(F)F. The minimum absolute atomic E-state index is 0.0689. The third kappa shape index (κ3) is 0.863. The van der Waals surface area contributed by atoms with Crippen molar-refractivity contribution in [1.29, 1.82) is 5.41 Å². The van der Waals surface area contributed by atoms with Crippen molar-refractivity contribution in [2.24, 2.45) is 0 Å². The molecular formula is C7H6F2N2O. The van der Waals surface area contributed by atoms with E-state index in [9.17, 15) is 8.78 Å². The lowest BCUT2D eigenvalue weighted by atomic mass is 10.3. The number of fused-ring (bicyclic) bond motifs is 1. The fourth-order valence-electron chi connectivity index (χ4n) is 1.13. The molecule has 0 aliphatic carbocycles. The minimum atomic E-state index is -2.85. The molecule has 5 heteroatoms. The van der Waals surface area contributed by atoms with Gasteiger partial charge in [-0.3, -0.25) is 4.84 Å². The monoisotopic (exact) mass is 172 g/mol. The van der Waals surface area contributed by atoms with Gasteiger partial charge in [0.15, 0.2) is 0 Å². The largest absolute Gasteiger partial charge is 0.317 e. The molecule has 12 heavy (non-hydrogen) atoms. The lowest BCUT2D eigenvalue weighted by molar-refractivity contribution is -0.0647. The Kier molecular flexibility index (Phi) is 1.32. The number of nitrogens with one attached hydrogen (secondary N) is 1. The first-order valence-electron chi connectivity index (χ1n) is 3.39. The Morgan fingerprint density at radius 2 is 2.33 bits per heavy atom. The van der Waals surface area contributed by atoms with Crippen LogP contribution in [0.2, 0.25) is 0 Å². The average Bonchev–Trinajstić information content (AvgIpc) is 2.63. The maximum absolute atomic E-state index is 12.7. The van der Waals surface area contributed by atoms with E-state index in [4.69, 9.17) is 5.41 Å². The Bertz CT molecular complexity index is 296. The predicted molar refractivity (Wildman–Crippen MR) is 37.7 cm³/mol. The van der Waals surface area contributed by atoms with Crippen molar-refractivity contribution >= 4 is 6.21 Å². The molecule has 2 rings (SSSR count). The van der Waals surface area contributed by atoms with Crippen molar-refractivity contribution in [3.63, 3.8) is 0 Å². The van der Waals surface area contributed by atoms with E-state index < -0.39 is 12.5 Å². The summed E-state index contributed by atoms with van der Waals surface area (Å²) < 4.78 is 25.5. The van der Waals surface area contributed by atoms with Crippen LogP contribution in [0.5, 0.6) is 0 Å². The van der Waals surface area contributed by atoms with Gasteiger partial charge in [0, 0.05) is 6.21 Å². The summed E-state index contributed by atoms with van der Waals surface area (Å²) in [6.07, 6.45) is 3.83. The van der Waals surface area contributed by atoms with Gasteiger partial charge in [-0.15, -0.1) is 0 Å². The van der Waals surface area contributed by atoms with E-state index in [1.807, 2.05) is 0 Å². The third-order valence-electron chi connectivity index (χ3n) is 1.69. The van der Waals surface area contributed by atoms with Gasteiger partial charge in [-0.25, -0.2) is 5.06 Å². The van der Waals surface area contributed by atoms with Gasteiger partial charge >= 0.3 is 5.92 Å². The average molecular weight is 172 g/mol. The highest BCUT2D eigenvalue weighted by molar-refractivity contribution is 5.69. The molecule has 2 aliphatic rings. The molecule has 1 N–H and O–H groups in total. The second kappa shape index (κ2) is 2.13. The van der Waals surface area contributed by atoms with Crippen LogP contribution in [-0.4, -0.2) is 23.8 Å². The molecule has 0 atom stereocenters. The molecule has 1 saturated heterocycles. The Hall–Kier alpha value is -1.23. The maximum atomic E-state index is 12.7. The Balaban J connectivity index is 2.18. The molecule has 0 spiro atoms. The van der Waals surface area contributed by atoms with Crippen molar-refractivity contribution in [2.75, 3.05) is 6.61 Å². The summed E-state index contributed by atoms with van der Waals surface area (Å²) in [6, 6.07) is 0. The van der Waals surface area contributed by atoms with Crippen molar-refractivity contribution in [3.8, 4) is 0 Å². The topological polar surface area (TPSA) is 36.1 Å². The van der Waals surface area contributed by atoms with E-state index in [0.717, 1.165) is 11.3 Å². The number of allylic oxidation sites excluding steroid dienone is 2. The fourth-order valence-corrected chi connectivity index (χ4v) is 1.13. The van der Waals surface area contributed by atoms with Crippen LogP contribution in [0.25, 0.3) is 0 Å². The zero-order chi connectivity index (χ0) is 8.77. The second-order valence-corrected chi connectivity index (χ2v) is 2.53. The molecule has 0 aromatic rings. The van der Waals surface area contributed by atoms with Crippen LogP contribution >= 0.6 is 0 Å². The minimum Gasteiger partial charge on any atom is -0.309 e. The quantitative estimate of drug-likeness (QED) is 0.637. The number of alkyl halides is 2. The molecule has 0 aromatic carbocycles. The van der Waals surface area contributed by atoms with Crippen LogP contribution < -0.4 is 0 Å². The summed E-state index contributed by atoms with van der Waals surface area (Å²) in [5.41, 5.74) is 0.301. The van der Waals surface area contributed by atoms with E-state index in [-0.39, 0.29) is 5.70 Å². The first-order valence-corrected chi connectivity index (χ1v) is 3.39. The zero-order valence-corrected chi connectivity index (χ0v) is 6.05. The van der Waals surface area contributed by atoms with Crippen molar-refractivity contribution in [2.45, 2.75) is 5.92 Å².